The van der Waals surface area contributed by atoms with E-state index in [2.05, 4.69) is 21.2 Å². The van der Waals surface area contributed by atoms with Crippen molar-refractivity contribution in [2.24, 2.45) is 0 Å². The van der Waals surface area contributed by atoms with Crippen LogP contribution in [0.4, 0.5) is 11.4 Å². The van der Waals surface area contributed by atoms with E-state index in [1.54, 1.807) is 24.3 Å². The highest BCUT2D eigenvalue weighted by atomic mass is 79.9. The first kappa shape index (κ1) is 16.3. The monoisotopic (exact) mass is 384 g/mol. The number of nitrogens with zero attached hydrogens (tertiary/aromatic N) is 1. The Hall–Kier alpha value is -2.12. The average Bonchev–Trinajstić information content (AvgIpc) is 2.46. The number of halogens is 2. The van der Waals surface area contributed by atoms with Crippen LogP contribution in [0.2, 0.25) is 5.02 Å². The number of nitro groups is 1. The van der Waals surface area contributed by atoms with Crippen molar-refractivity contribution in [2.45, 2.75) is 0 Å². The number of nitro benzene ring substituents is 1. The van der Waals surface area contributed by atoms with E-state index in [9.17, 15) is 14.9 Å². The van der Waals surface area contributed by atoms with E-state index >= 15 is 0 Å². The average molecular weight is 386 g/mol. The van der Waals surface area contributed by atoms with Gasteiger partial charge in [-0.1, -0.05) is 23.7 Å². The third-order valence-electron chi connectivity index (χ3n) is 2.63. The molecule has 22 heavy (non-hydrogen) atoms. The van der Waals surface area contributed by atoms with Gasteiger partial charge in [-0.05, 0) is 40.2 Å². The molecule has 0 radical (unpaired) electrons. The minimum atomic E-state index is -0.563. The van der Waals surface area contributed by atoms with Gasteiger partial charge in [0.15, 0.2) is 6.61 Å². The molecule has 8 heteroatoms. The minimum Gasteiger partial charge on any atom is -0.483 e. The second kappa shape index (κ2) is 7.24. The molecule has 0 aliphatic carbocycles. The summed E-state index contributed by atoms with van der Waals surface area (Å²) >= 11 is 9.07. The van der Waals surface area contributed by atoms with Gasteiger partial charge < -0.3 is 10.1 Å². The molecule has 0 heterocycles. The lowest BCUT2D eigenvalue weighted by atomic mass is 10.2. The van der Waals surface area contributed by atoms with Crippen LogP contribution in [0, 0.1) is 10.1 Å². The van der Waals surface area contributed by atoms with E-state index < -0.39 is 10.8 Å². The number of para-hydroxylation sites is 2. The Bertz CT molecular complexity index is 724. The zero-order chi connectivity index (χ0) is 16.1. The minimum absolute atomic E-state index is 0.122. The molecule has 0 atom stereocenters. The summed E-state index contributed by atoms with van der Waals surface area (Å²) in [6.45, 7) is -0.285. The van der Waals surface area contributed by atoms with E-state index in [0.29, 0.717) is 15.2 Å². The van der Waals surface area contributed by atoms with E-state index in [1.807, 2.05) is 0 Å². The molecule has 0 saturated heterocycles. The first-order valence-electron chi connectivity index (χ1n) is 6.08. The topological polar surface area (TPSA) is 81.5 Å². The van der Waals surface area contributed by atoms with Crippen LogP contribution >= 0.6 is 27.5 Å². The predicted molar refractivity (Wildman–Crippen MR) is 86.4 cm³/mol. The maximum Gasteiger partial charge on any atom is 0.292 e. The number of carbonyl (C=O) groups excluding carboxylic acids is 1. The van der Waals surface area contributed by atoms with Gasteiger partial charge in [0.25, 0.3) is 11.6 Å². The fraction of sp³-hybridized carbons (Fsp3) is 0.0714. The Balaban J connectivity index is 2.00. The lowest BCUT2D eigenvalue weighted by molar-refractivity contribution is -0.383. The molecule has 0 aromatic heterocycles. The highest BCUT2D eigenvalue weighted by Crippen LogP contribution is 2.28. The molecule has 6 nitrogen and oxygen atoms in total. The predicted octanol–water partition coefficient (Wildman–Crippen LogP) is 4.03. The van der Waals surface area contributed by atoms with Crippen LogP contribution in [0.3, 0.4) is 0 Å². The van der Waals surface area contributed by atoms with Crippen LogP contribution in [0.5, 0.6) is 5.75 Å². The van der Waals surface area contributed by atoms with Gasteiger partial charge in [-0.3, -0.25) is 14.9 Å². The highest BCUT2D eigenvalue weighted by Gasteiger charge is 2.15. The number of rotatable bonds is 5. The quantitative estimate of drug-likeness (QED) is 0.622. The van der Waals surface area contributed by atoms with Crippen molar-refractivity contribution in [1.29, 1.82) is 0 Å². The Morgan fingerprint density at radius 3 is 2.73 bits per heavy atom. The fourth-order valence-electron chi connectivity index (χ4n) is 1.66. The normalized spacial score (nSPS) is 10.1. The maximum absolute atomic E-state index is 11.8. The molecule has 2 aromatic rings. The number of hydrogen-bond donors (Lipinski definition) is 1. The smallest absolute Gasteiger partial charge is 0.292 e. The van der Waals surface area contributed by atoms with Crippen LogP contribution in [-0.2, 0) is 4.79 Å². The van der Waals surface area contributed by atoms with Gasteiger partial charge in [-0.15, -0.1) is 0 Å². The van der Waals surface area contributed by atoms with Gasteiger partial charge in [0.05, 0.1) is 9.40 Å². The molecule has 1 amide bonds. The van der Waals surface area contributed by atoms with Crippen molar-refractivity contribution < 1.29 is 14.5 Å². The first-order chi connectivity index (χ1) is 10.5. The number of amides is 1. The van der Waals surface area contributed by atoms with E-state index in [1.165, 1.54) is 18.2 Å². The number of benzene rings is 2. The molecule has 1 N–H and O–H groups in total. The SMILES string of the molecule is O=C(COc1ccc(Cl)cc1Br)Nc1ccccc1[N+](=O)[O-]. The Labute approximate surface area is 139 Å². The summed E-state index contributed by atoms with van der Waals surface area (Å²) in [6.07, 6.45) is 0. The van der Waals surface area contributed by atoms with Crippen molar-refractivity contribution >= 4 is 44.8 Å². The lowest BCUT2D eigenvalue weighted by Gasteiger charge is -2.09. The van der Waals surface area contributed by atoms with Gasteiger partial charge in [0.1, 0.15) is 11.4 Å². The molecule has 2 rings (SSSR count). The molecule has 0 saturated carbocycles. The van der Waals surface area contributed by atoms with Crippen molar-refractivity contribution in [3.05, 3.63) is 62.1 Å². The van der Waals surface area contributed by atoms with Crippen LogP contribution in [-0.4, -0.2) is 17.4 Å². The van der Waals surface area contributed by atoms with E-state index in [4.69, 9.17) is 16.3 Å². The second-order valence-electron chi connectivity index (χ2n) is 4.19. The van der Waals surface area contributed by atoms with E-state index in [0.717, 1.165) is 0 Å². The summed E-state index contributed by atoms with van der Waals surface area (Å²) in [4.78, 5) is 22.1. The molecule has 0 bridgehead atoms. The Morgan fingerprint density at radius 2 is 2.05 bits per heavy atom. The summed E-state index contributed by atoms with van der Waals surface area (Å²) in [6, 6.07) is 10.8. The van der Waals surface area contributed by atoms with Gasteiger partial charge >= 0.3 is 0 Å². The van der Waals surface area contributed by atoms with Gasteiger partial charge in [-0.2, -0.15) is 0 Å². The highest BCUT2D eigenvalue weighted by molar-refractivity contribution is 9.10. The lowest BCUT2D eigenvalue weighted by Crippen LogP contribution is -2.20. The van der Waals surface area contributed by atoms with Crippen LogP contribution in [0.25, 0.3) is 0 Å². The second-order valence-corrected chi connectivity index (χ2v) is 5.48. The third-order valence-corrected chi connectivity index (χ3v) is 3.48. The fourth-order valence-corrected chi connectivity index (χ4v) is 2.46. The van der Waals surface area contributed by atoms with Gasteiger partial charge in [-0.25, -0.2) is 0 Å². The largest absolute Gasteiger partial charge is 0.483 e. The van der Waals surface area contributed by atoms with Gasteiger partial charge in [0.2, 0.25) is 0 Å². The number of carbonyl (C=O) groups is 1. The summed E-state index contributed by atoms with van der Waals surface area (Å²) in [5, 5.41) is 13.8. The third kappa shape index (κ3) is 4.19. The van der Waals surface area contributed by atoms with Crippen LogP contribution in [0.1, 0.15) is 0 Å². The van der Waals surface area contributed by atoms with E-state index in [-0.39, 0.29) is 18.0 Å². The first-order valence-corrected chi connectivity index (χ1v) is 7.25. The van der Waals surface area contributed by atoms with Gasteiger partial charge in [0, 0.05) is 11.1 Å². The molecule has 114 valence electrons. The molecule has 0 aliphatic heterocycles. The number of ether oxygens (including phenoxy) is 1. The number of anilines is 1. The standard InChI is InChI=1S/C14H10BrClN2O4/c15-10-7-9(16)5-6-13(10)22-8-14(19)17-11-3-1-2-4-12(11)18(20)21/h1-7H,8H2,(H,17,19). The van der Waals surface area contributed by atoms with Crippen molar-refractivity contribution in [3.8, 4) is 5.75 Å². The van der Waals surface area contributed by atoms with Crippen molar-refractivity contribution in [3.63, 3.8) is 0 Å². The maximum atomic E-state index is 11.8. The summed E-state index contributed by atoms with van der Waals surface area (Å²) in [5.41, 5.74) is -0.0557. The van der Waals surface area contributed by atoms with Crippen molar-refractivity contribution in [1.82, 2.24) is 0 Å². The number of hydrogen-bond acceptors (Lipinski definition) is 4. The summed E-state index contributed by atoms with van der Waals surface area (Å²) < 4.78 is 5.95. The molecule has 0 spiro atoms. The van der Waals surface area contributed by atoms with Crippen LogP contribution in [0.15, 0.2) is 46.9 Å². The Kier molecular flexibility index (Phi) is 5.35. The summed E-state index contributed by atoms with van der Waals surface area (Å²) in [7, 11) is 0. The molecule has 0 unspecified atom stereocenters. The molecule has 2 aromatic carbocycles. The van der Waals surface area contributed by atoms with Crippen molar-refractivity contribution in [2.75, 3.05) is 11.9 Å². The molecule has 0 fully saturated rings. The zero-order valence-electron chi connectivity index (χ0n) is 11.1. The Morgan fingerprint density at radius 1 is 1.32 bits per heavy atom. The molecular weight excluding hydrogens is 376 g/mol. The number of nitrogens with one attached hydrogen (secondary N) is 1. The molecular formula is C14H10BrClN2O4. The van der Waals surface area contributed by atoms with Crippen LogP contribution < -0.4 is 10.1 Å². The molecule has 0 aliphatic rings. The summed E-state index contributed by atoms with van der Waals surface area (Å²) in [5.74, 6) is -0.0572. The zero-order valence-corrected chi connectivity index (χ0v) is 13.4.